The van der Waals surface area contributed by atoms with Crippen LogP contribution in [-0.2, 0) is 0 Å². The van der Waals surface area contributed by atoms with E-state index in [0.717, 1.165) is 33.1 Å². The highest BCUT2D eigenvalue weighted by molar-refractivity contribution is 6.00. The average molecular weight is 247 g/mol. The molecular weight excluding hydrogens is 234 g/mol. The van der Waals surface area contributed by atoms with Crippen LogP contribution in [0.2, 0.25) is 0 Å². The number of methoxy groups -OCH3 is 1. The second-order valence-corrected chi connectivity index (χ2v) is 4.53. The third-order valence-electron chi connectivity index (χ3n) is 3.28. The van der Waals surface area contributed by atoms with Crippen LogP contribution in [0.15, 0.2) is 36.4 Å². The van der Waals surface area contributed by atoms with Gasteiger partial charge in [-0.3, -0.25) is 0 Å². The Morgan fingerprint density at radius 2 is 1.74 bits per heavy atom. The number of aryl methyl sites for hydroxylation is 1. The first kappa shape index (κ1) is 11.6. The largest absolute Gasteiger partial charge is 0.497 e. The SMILES string of the molecule is C#Cc1c2cc(C)ccc2nc2ccc(OC)cc12. The molecule has 0 aliphatic rings. The Morgan fingerprint density at radius 3 is 2.42 bits per heavy atom. The number of rotatable bonds is 1. The average Bonchev–Trinajstić information content (AvgIpc) is 2.44. The molecule has 0 aliphatic carbocycles. The predicted molar refractivity (Wildman–Crippen MR) is 78.5 cm³/mol. The van der Waals surface area contributed by atoms with Crippen LogP contribution < -0.4 is 4.74 Å². The van der Waals surface area contributed by atoms with E-state index in [2.05, 4.69) is 23.9 Å². The molecule has 3 rings (SSSR count). The Morgan fingerprint density at radius 1 is 1.05 bits per heavy atom. The third kappa shape index (κ3) is 1.80. The minimum atomic E-state index is 0.790. The zero-order valence-electron chi connectivity index (χ0n) is 10.9. The lowest BCUT2D eigenvalue weighted by atomic mass is 10.0. The molecule has 1 aromatic heterocycles. The fourth-order valence-electron chi connectivity index (χ4n) is 2.32. The normalized spacial score (nSPS) is 10.6. The molecule has 2 heteroatoms. The second-order valence-electron chi connectivity index (χ2n) is 4.53. The van der Waals surface area contributed by atoms with Gasteiger partial charge >= 0.3 is 0 Å². The number of benzene rings is 2. The van der Waals surface area contributed by atoms with E-state index >= 15 is 0 Å². The standard InChI is InChI=1S/C17H13NO/c1-4-13-14-9-11(2)5-7-16(14)18-17-8-6-12(19-3)10-15(13)17/h1,5-10H,2-3H3. The number of nitrogens with zero attached hydrogens (tertiary/aromatic N) is 1. The maximum atomic E-state index is 5.71. The van der Waals surface area contributed by atoms with Crippen molar-refractivity contribution in [3.63, 3.8) is 0 Å². The van der Waals surface area contributed by atoms with Crippen LogP contribution in [0.3, 0.4) is 0 Å². The minimum absolute atomic E-state index is 0.790. The number of hydrogen-bond donors (Lipinski definition) is 0. The molecule has 92 valence electrons. The van der Waals surface area contributed by atoms with Crippen molar-refractivity contribution in [3.8, 4) is 18.1 Å². The van der Waals surface area contributed by atoms with Crippen LogP contribution >= 0.6 is 0 Å². The highest BCUT2D eigenvalue weighted by atomic mass is 16.5. The first-order chi connectivity index (χ1) is 9.22. The van der Waals surface area contributed by atoms with Gasteiger partial charge in [0.2, 0.25) is 0 Å². The molecule has 0 atom stereocenters. The van der Waals surface area contributed by atoms with Gasteiger partial charge in [0.15, 0.2) is 0 Å². The molecule has 19 heavy (non-hydrogen) atoms. The van der Waals surface area contributed by atoms with E-state index < -0.39 is 0 Å². The summed E-state index contributed by atoms with van der Waals surface area (Å²) in [6.45, 7) is 2.05. The lowest BCUT2D eigenvalue weighted by molar-refractivity contribution is 0.415. The van der Waals surface area contributed by atoms with Gasteiger partial charge in [0.05, 0.1) is 18.1 Å². The molecule has 0 fully saturated rings. The van der Waals surface area contributed by atoms with Crippen molar-refractivity contribution in [2.45, 2.75) is 6.92 Å². The number of pyridine rings is 1. The van der Waals surface area contributed by atoms with Crippen molar-refractivity contribution in [2.24, 2.45) is 0 Å². The van der Waals surface area contributed by atoms with Gasteiger partial charge in [-0.25, -0.2) is 4.98 Å². The van der Waals surface area contributed by atoms with Crippen LogP contribution in [0.5, 0.6) is 5.75 Å². The smallest absolute Gasteiger partial charge is 0.119 e. The molecule has 3 aromatic rings. The minimum Gasteiger partial charge on any atom is -0.497 e. The Balaban J connectivity index is 2.51. The highest BCUT2D eigenvalue weighted by Gasteiger charge is 2.08. The highest BCUT2D eigenvalue weighted by Crippen LogP contribution is 2.28. The molecule has 1 heterocycles. The van der Waals surface area contributed by atoms with E-state index in [4.69, 9.17) is 11.2 Å². The Kier molecular flexibility index (Phi) is 2.61. The summed E-state index contributed by atoms with van der Waals surface area (Å²) in [4.78, 5) is 4.65. The molecule has 0 saturated carbocycles. The number of fused-ring (bicyclic) bond motifs is 2. The molecule has 0 spiro atoms. The number of ether oxygens (including phenoxy) is 1. The molecule has 0 radical (unpaired) electrons. The van der Waals surface area contributed by atoms with Gasteiger partial charge in [-0.15, -0.1) is 6.42 Å². The Bertz CT molecular complexity index is 828. The summed E-state index contributed by atoms with van der Waals surface area (Å²) in [6, 6.07) is 11.9. The Labute approximate surface area is 112 Å². The number of terminal acetylenes is 1. The first-order valence-electron chi connectivity index (χ1n) is 6.07. The van der Waals surface area contributed by atoms with Crippen molar-refractivity contribution >= 4 is 21.8 Å². The zero-order chi connectivity index (χ0) is 13.4. The Hall–Kier alpha value is -2.53. The summed E-state index contributed by atoms with van der Waals surface area (Å²) >= 11 is 0. The fraction of sp³-hybridized carbons (Fsp3) is 0.118. The van der Waals surface area contributed by atoms with Gasteiger partial charge in [-0.1, -0.05) is 17.6 Å². The first-order valence-corrected chi connectivity index (χ1v) is 6.07. The molecule has 2 aromatic carbocycles. The summed E-state index contributed by atoms with van der Waals surface area (Å²) in [7, 11) is 1.65. The molecule has 0 amide bonds. The van der Waals surface area contributed by atoms with Crippen LogP contribution in [0.4, 0.5) is 0 Å². The van der Waals surface area contributed by atoms with Crippen molar-refractivity contribution in [2.75, 3.05) is 7.11 Å². The summed E-state index contributed by atoms with van der Waals surface area (Å²) in [6.07, 6.45) is 5.71. The van der Waals surface area contributed by atoms with Crippen molar-refractivity contribution in [1.29, 1.82) is 0 Å². The van der Waals surface area contributed by atoms with Crippen molar-refractivity contribution in [3.05, 3.63) is 47.5 Å². The summed E-state index contributed by atoms with van der Waals surface area (Å²) in [5, 5.41) is 1.98. The van der Waals surface area contributed by atoms with E-state index in [9.17, 15) is 0 Å². The lowest BCUT2D eigenvalue weighted by Crippen LogP contribution is -1.91. The maximum Gasteiger partial charge on any atom is 0.119 e. The second kappa shape index (κ2) is 4.29. The molecule has 0 aliphatic heterocycles. The summed E-state index contributed by atoms with van der Waals surface area (Å²) < 4.78 is 5.26. The van der Waals surface area contributed by atoms with Gasteiger partial charge < -0.3 is 4.74 Å². The molecule has 0 saturated heterocycles. The van der Waals surface area contributed by atoms with Crippen LogP contribution in [-0.4, -0.2) is 12.1 Å². The van der Waals surface area contributed by atoms with Gasteiger partial charge in [-0.05, 0) is 37.3 Å². The van der Waals surface area contributed by atoms with E-state index in [-0.39, 0.29) is 0 Å². The summed E-state index contributed by atoms with van der Waals surface area (Å²) in [5.74, 6) is 3.59. The van der Waals surface area contributed by atoms with Gasteiger partial charge in [0.1, 0.15) is 5.75 Å². The third-order valence-corrected chi connectivity index (χ3v) is 3.28. The van der Waals surface area contributed by atoms with Crippen molar-refractivity contribution < 1.29 is 4.74 Å². The lowest BCUT2D eigenvalue weighted by Gasteiger charge is -2.08. The molecule has 0 bridgehead atoms. The summed E-state index contributed by atoms with van der Waals surface area (Å²) in [5.41, 5.74) is 3.87. The molecule has 2 nitrogen and oxygen atoms in total. The van der Waals surface area contributed by atoms with Gasteiger partial charge in [0.25, 0.3) is 0 Å². The van der Waals surface area contributed by atoms with E-state index in [1.54, 1.807) is 7.11 Å². The predicted octanol–water partition coefficient (Wildman–Crippen LogP) is 3.69. The fourth-order valence-corrected chi connectivity index (χ4v) is 2.32. The number of hydrogen-bond acceptors (Lipinski definition) is 2. The topological polar surface area (TPSA) is 22.1 Å². The number of aromatic nitrogens is 1. The van der Waals surface area contributed by atoms with Gasteiger partial charge in [0, 0.05) is 16.3 Å². The van der Waals surface area contributed by atoms with E-state index in [0.29, 0.717) is 0 Å². The van der Waals surface area contributed by atoms with Crippen LogP contribution in [0, 0.1) is 19.3 Å². The molecule has 0 unspecified atom stereocenters. The maximum absolute atomic E-state index is 5.71. The van der Waals surface area contributed by atoms with Crippen LogP contribution in [0.25, 0.3) is 21.8 Å². The van der Waals surface area contributed by atoms with Crippen molar-refractivity contribution in [1.82, 2.24) is 4.98 Å². The molecule has 0 N–H and O–H groups in total. The van der Waals surface area contributed by atoms with Gasteiger partial charge in [-0.2, -0.15) is 0 Å². The zero-order valence-corrected chi connectivity index (χ0v) is 10.9. The molecular formula is C17H13NO. The van der Waals surface area contributed by atoms with Crippen LogP contribution in [0.1, 0.15) is 11.1 Å². The van der Waals surface area contributed by atoms with E-state index in [1.165, 1.54) is 5.56 Å². The van der Waals surface area contributed by atoms with E-state index in [1.807, 2.05) is 30.3 Å². The quantitative estimate of drug-likeness (QED) is 0.483. The monoisotopic (exact) mass is 247 g/mol.